The molecule has 4 aromatic carbocycles. The molecule has 0 aliphatic heterocycles. The van der Waals surface area contributed by atoms with Crippen LogP contribution in [0.2, 0.25) is 0 Å². The van der Waals surface area contributed by atoms with Gasteiger partial charge in [-0.2, -0.15) is 0 Å². The van der Waals surface area contributed by atoms with Crippen LogP contribution in [0.3, 0.4) is 0 Å². The average Bonchev–Trinajstić information content (AvgIpc) is 3.05. The molecule has 0 atom stereocenters. The number of hydrogen-bond acceptors (Lipinski definition) is 4. The fraction of sp³-hybridized carbons (Fsp3) is 0.523. The number of esters is 1. The van der Waals surface area contributed by atoms with Gasteiger partial charge in [0.05, 0.1) is 25.2 Å². The van der Waals surface area contributed by atoms with Gasteiger partial charge in [0.1, 0.15) is 11.5 Å². The summed E-state index contributed by atoms with van der Waals surface area (Å²) in [4.78, 5) is 11.7. The van der Waals surface area contributed by atoms with Gasteiger partial charge in [0.25, 0.3) is 0 Å². The number of fused-ring (bicyclic) bond motifs is 2. The van der Waals surface area contributed by atoms with E-state index in [1.165, 1.54) is 49.3 Å². The summed E-state index contributed by atoms with van der Waals surface area (Å²) in [5.41, 5.74) is 1.81. The second kappa shape index (κ2) is 16.3. The fourth-order valence-electron chi connectivity index (χ4n) is 7.58. The summed E-state index contributed by atoms with van der Waals surface area (Å²) in [6.07, 6.45) is 10.7. The van der Waals surface area contributed by atoms with Gasteiger partial charge in [-0.1, -0.05) is 93.9 Å². The number of carbonyl (C=O) groups is 1. The standard InChI is InChI=1S/C24H32O3.C20H25BrO/c1-5-26-23(25)15-17-6-7-19-16-22(11-8-18(19)14-17)27-21-12-9-20(10-13-21)24(2,3)4;1-20(2,3)16-6-10-18(11-7-16)22-19-9-5-14-12-17(21)8-4-15(14)13-19/h6-8,11,14,16,20-21H,5,9-10,12-13,15H2,1-4H3;4-5,8-9,12-13,16,18H,6-7,10-11H2,1-3H3. The average molecular weight is 730 g/mol. The lowest BCUT2D eigenvalue weighted by molar-refractivity contribution is -0.142. The van der Waals surface area contributed by atoms with Crippen molar-refractivity contribution in [3.63, 3.8) is 0 Å². The van der Waals surface area contributed by atoms with Crippen LogP contribution in [0.25, 0.3) is 21.5 Å². The molecule has 0 unspecified atom stereocenters. The normalized spacial score (nSPS) is 21.5. The predicted octanol–water partition coefficient (Wildman–Crippen LogP) is 12.5. The van der Waals surface area contributed by atoms with Crippen molar-refractivity contribution in [1.29, 1.82) is 0 Å². The summed E-state index contributed by atoms with van der Waals surface area (Å²) in [6.45, 7) is 16.4. The Morgan fingerprint density at radius 1 is 0.612 bits per heavy atom. The van der Waals surface area contributed by atoms with Crippen LogP contribution in [0.15, 0.2) is 77.3 Å². The largest absolute Gasteiger partial charge is 0.490 e. The van der Waals surface area contributed by atoms with Crippen molar-refractivity contribution >= 4 is 43.4 Å². The molecule has 0 N–H and O–H groups in total. The number of benzene rings is 4. The number of halogens is 1. The lowest BCUT2D eigenvalue weighted by atomic mass is 9.72. The summed E-state index contributed by atoms with van der Waals surface area (Å²) in [5.74, 6) is 3.41. The van der Waals surface area contributed by atoms with E-state index in [1.54, 1.807) is 0 Å². The van der Waals surface area contributed by atoms with Gasteiger partial charge in [-0.3, -0.25) is 4.79 Å². The van der Waals surface area contributed by atoms with Gasteiger partial charge < -0.3 is 14.2 Å². The minimum atomic E-state index is -0.178. The molecule has 2 fully saturated rings. The lowest BCUT2D eigenvalue weighted by Gasteiger charge is -2.37. The molecule has 0 radical (unpaired) electrons. The van der Waals surface area contributed by atoms with Gasteiger partial charge in [-0.15, -0.1) is 0 Å². The molecule has 4 nitrogen and oxygen atoms in total. The maximum Gasteiger partial charge on any atom is 0.310 e. The van der Waals surface area contributed by atoms with E-state index in [0.717, 1.165) is 57.0 Å². The Bertz CT molecular complexity index is 1680. The van der Waals surface area contributed by atoms with E-state index in [-0.39, 0.29) is 5.97 Å². The van der Waals surface area contributed by atoms with Gasteiger partial charge in [0, 0.05) is 4.47 Å². The summed E-state index contributed by atoms with van der Waals surface area (Å²) >= 11 is 3.52. The maximum absolute atomic E-state index is 11.7. The minimum absolute atomic E-state index is 0.178. The molecule has 264 valence electrons. The zero-order valence-corrected chi connectivity index (χ0v) is 32.4. The minimum Gasteiger partial charge on any atom is -0.490 e. The van der Waals surface area contributed by atoms with Crippen molar-refractivity contribution in [2.24, 2.45) is 22.7 Å². The van der Waals surface area contributed by atoms with Crippen molar-refractivity contribution < 1.29 is 19.0 Å². The maximum atomic E-state index is 11.7. The molecule has 49 heavy (non-hydrogen) atoms. The number of hydrogen-bond donors (Lipinski definition) is 0. The zero-order valence-electron chi connectivity index (χ0n) is 30.8. The monoisotopic (exact) mass is 728 g/mol. The Hall–Kier alpha value is -3.05. The van der Waals surface area contributed by atoms with Crippen molar-refractivity contribution in [2.75, 3.05) is 6.61 Å². The van der Waals surface area contributed by atoms with Gasteiger partial charge in [0.2, 0.25) is 0 Å². The van der Waals surface area contributed by atoms with E-state index in [9.17, 15) is 4.79 Å². The van der Waals surface area contributed by atoms with E-state index in [1.807, 2.05) is 19.1 Å². The van der Waals surface area contributed by atoms with E-state index in [4.69, 9.17) is 14.2 Å². The first kappa shape index (κ1) is 37.2. The van der Waals surface area contributed by atoms with Crippen LogP contribution in [0.4, 0.5) is 0 Å². The second-order valence-corrected chi connectivity index (χ2v) is 17.3. The van der Waals surface area contributed by atoms with Crippen molar-refractivity contribution in [2.45, 2.75) is 118 Å². The Morgan fingerprint density at radius 2 is 1.04 bits per heavy atom. The van der Waals surface area contributed by atoms with Crippen molar-refractivity contribution in [3.05, 3.63) is 82.8 Å². The Balaban J connectivity index is 0.000000195. The molecule has 0 saturated heterocycles. The third-order valence-corrected chi connectivity index (χ3v) is 11.2. The van der Waals surface area contributed by atoms with Gasteiger partial charge in [-0.25, -0.2) is 0 Å². The highest BCUT2D eigenvalue weighted by Gasteiger charge is 2.31. The lowest BCUT2D eigenvalue weighted by Crippen LogP contribution is -2.30. The first-order chi connectivity index (χ1) is 23.3. The fourth-order valence-corrected chi connectivity index (χ4v) is 7.96. The van der Waals surface area contributed by atoms with Crippen molar-refractivity contribution in [3.8, 4) is 11.5 Å². The molecule has 0 bridgehead atoms. The zero-order chi connectivity index (χ0) is 35.2. The van der Waals surface area contributed by atoms with Gasteiger partial charge in [-0.05, 0) is 144 Å². The highest BCUT2D eigenvalue weighted by Crippen LogP contribution is 2.40. The Kier molecular flexibility index (Phi) is 12.4. The molecule has 0 heterocycles. The molecule has 2 aliphatic carbocycles. The van der Waals surface area contributed by atoms with Crippen LogP contribution in [-0.2, 0) is 16.0 Å². The predicted molar refractivity (Wildman–Crippen MR) is 208 cm³/mol. The van der Waals surface area contributed by atoms with Crippen LogP contribution in [0, 0.1) is 22.7 Å². The molecule has 0 amide bonds. The Morgan fingerprint density at radius 3 is 1.51 bits per heavy atom. The highest BCUT2D eigenvalue weighted by atomic mass is 79.9. The van der Waals surface area contributed by atoms with E-state index < -0.39 is 0 Å². The first-order valence-electron chi connectivity index (χ1n) is 18.5. The number of rotatable bonds is 7. The van der Waals surface area contributed by atoms with E-state index >= 15 is 0 Å². The molecular weight excluding hydrogens is 672 g/mol. The molecule has 2 saturated carbocycles. The summed E-state index contributed by atoms with van der Waals surface area (Å²) in [5, 5.41) is 4.76. The quantitative estimate of drug-likeness (QED) is 0.178. The molecule has 5 heteroatoms. The smallest absolute Gasteiger partial charge is 0.310 e. The third-order valence-electron chi connectivity index (χ3n) is 10.7. The summed E-state index contributed by atoms with van der Waals surface area (Å²) in [6, 6.07) is 25.1. The van der Waals surface area contributed by atoms with Crippen LogP contribution in [0.5, 0.6) is 11.5 Å². The van der Waals surface area contributed by atoms with E-state index in [0.29, 0.717) is 36.1 Å². The molecule has 2 aliphatic rings. The SMILES string of the molecule is CC(C)(C)C1CCC(Oc2ccc3cc(Br)ccc3c2)CC1.CCOC(=O)Cc1ccc2cc(OC3CCC(C(C)(C)C)CC3)ccc2c1. The van der Waals surface area contributed by atoms with Crippen LogP contribution in [-0.4, -0.2) is 24.8 Å². The molecule has 0 spiro atoms. The number of carbonyl (C=O) groups excluding carboxylic acids is 1. The second-order valence-electron chi connectivity index (χ2n) is 16.4. The molecule has 4 aromatic rings. The van der Waals surface area contributed by atoms with E-state index in [2.05, 4.69) is 118 Å². The Labute approximate surface area is 303 Å². The van der Waals surface area contributed by atoms with Gasteiger partial charge >= 0.3 is 5.97 Å². The van der Waals surface area contributed by atoms with Crippen LogP contribution < -0.4 is 9.47 Å². The molecule has 6 rings (SSSR count). The third kappa shape index (κ3) is 10.7. The van der Waals surface area contributed by atoms with Gasteiger partial charge in [0.15, 0.2) is 0 Å². The summed E-state index contributed by atoms with van der Waals surface area (Å²) < 4.78 is 18.7. The highest BCUT2D eigenvalue weighted by molar-refractivity contribution is 9.10. The van der Waals surface area contributed by atoms with Crippen LogP contribution in [0.1, 0.15) is 105 Å². The summed E-state index contributed by atoms with van der Waals surface area (Å²) in [7, 11) is 0. The molecular formula is C44H57BrO4. The number of ether oxygens (including phenoxy) is 3. The van der Waals surface area contributed by atoms with Crippen LogP contribution >= 0.6 is 15.9 Å². The molecule has 0 aromatic heterocycles. The van der Waals surface area contributed by atoms with Crippen molar-refractivity contribution in [1.82, 2.24) is 0 Å². The topological polar surface area (TPSA) is 44.8 Å². The first-order valence-corrected chi connectivity index (χ1v) is 19.3.